The molecule has 0 aliphatic rings. The fourth-order valence-electron chi connectivity index (χ4n) is 3.56. The number of benzene rings is 4. The summed E-state index contributed by atoms with van der Waals surface area (Å²) in [5.74, 6) is 1.03. The van der Waals surface area contributed by atoms with Gasteiger partial charge in [0.05, 0.1) is 4.90 Å². The number of hydrogen-bond acceptors (Lipinski definition) is 5. The van der Waals surface area contributed by atoms with E-state index < -0.39 is 10.0 Å². The summed E-state index contributed by atoms with van der Waals surface area (Å²) in [5, 5.41) is 6.31. The lowest BCUT2D eigenvalue weighted by atomic mass is 10.1. The Kier molecular flexibility index (Phi) is 6.00. The number of halogens is 2. The average Bonchev–Trinajstić information content (AvgIpc) is 3.27. The fraction of sp³-hybridized carbons (Fsp3) is 0.0400. The average molecular weight is 510 g/mol. The summed E-state index contributed by atoms with van der Waals surface area (Å²) in [6, 6.07) is 25.0. The first kappa shape index (κ1) is 22.4. The number of fused-ring (bicyclic) bond motifs is 1. The van der Waals surface area contributed by atoms with Gasteiger partial charge >= 0.3 is 0 Å². The minimum Gasteiger partial charge on any atom is -0.334 e. The normalized spacial score (nSPS) is 11.6. The molecule has 5 rings (SSSR count). The van der Waals surface area contributed by atoms with E-state index in [1.54, 1.807) is 12.1 Å². The summed E-state index contributed by atoms with van der Waals surface area (Å²) in [6.07, 6.45) is 0.583. The van der Waals surface area contributed by atoms with Gasteiger partial charge in [-0.25, -0.2) is 8.42 Å². The molecule has 0 fully saturated rings. The minimum absolute atomic E-state index is 0.0110. The van der Waals surface area contributed by atoms with Gasteiger partial charge in [0.25, 0.3) is 15.9 Å². The van der Waals surface area contributed by atoms with Crippen molar-refractivity contribution in [2.24, 2.45) is 0 Å². The van der Waals surface area contributed by atoms with Crippen molar-refractivity contribution in [3.8, 4) is 11.5 Å². The van der Waals surface area contributed by atoms with Crippen molar-refractivity contribution < 1.29 is 12.9 Å². The zero-order valence-corrected chi connectivity index (χ0v) is 19.9. The van der Waals surface area contributed by atoms with Gasteiger partial charge in [0.15, 0.2) is 5.82 Å². The van der Waals surface area contributed by atoms with Crippen LogP contribution in [-0.4, -0.2) is 18.6 Å². The Morgan fingerprint density at radius 3 is 2.29 bits per heavy atom. The van der Waals surface area contributed by atoms with Gasteiger partial charge in [-0.1, -0.05) is 70.8 Å². The topological polar surface area (TPSA) is 85.1 Å². The molecule has 0 aliphatic carbocycles. The maximum Gasteiger partial charge on any atom is 0.261 e. The number of anilines is 1. The molecule has 0 unspecified atom stereocenters. The van der Waals surface area contributed by atoms with Crippen LogP contribution >= 0.6 is 23.2 Å². The molecule has 0 atom stereocenters. The maximum atomic E-state index is 12.8. The molecule has 34 heavy (non-hydrogen) atoms. The summed E-state index contributed by atoms with van der Waals surface area (Å²) in [4.78, 5) is 4.49. The van der Waals surface area contributed by atoms with E-state index >= 15 is 0 Å². The fourth-order valence-corrected chi connectivity index (χ4v) is 5.34. The van der Waals surface area contributed by atoms with E-state index in [9.17, 15) is 8.42 Å². The SMILES string of the molecule is O=S(=O)(Nc1ccc2cc(-c3nc(Cc4ccccc4)no3)ccc2c1)c1cc(Cl)cc(Cl)c1. The smallest absolute Gasteiger partial charge is 0.261 e. The van der Waals surface area contributed by atoms with Crippen molar-refractivity contribution in [3.63, 3.8) is 0 Å². The molecule has 5 aromatic rings. The van der Waals surface area contributed by atoms with E-state index in [4.69, 9.17) is 27.7 Å². The standard InChI is InChI=1S/C25H17Cl2N3O3S/c26-20-13-21(27)15-23(14-20)34(31,32)30-22-9-8-17-11-19(7-6-18(17)12-22)25-28-24(29-33-25)10-16-4-2-1-3-5-16/h1-9,11-15,30H,10H2. The van der Waals surface area contributed by atoms with Gasteiger partial charge < -0.3 is 4.52 Å². The second-order valence-corrected chi connectivity index (χ2v) is 10.2. The number of rotatable bonds is 6. The number of hydrogen-bond donors (Lipinski definition) is 1. The lowest BCUT2D eigenvalue weighted by Crippen LogP contribution is -2.12. The van der Waals surface area contributed by atoms with Crippen molar-refractivity contribution >= 4 is 49.7 Å². The highest BCUT2D eigenvalue weighted by molar-refractivity contribution is 7.92. The first-order valence-electron chi connectivity index (χ1n) is 10.3. The lowest BCUT2D eigenvalue weighted by molar-refractivity contribution is 0.424. The van der Waals surface area contributed by atoms with Crippen LogP contribution in [0.5, 0.6) is 0 Å². The second-order valence-electron chi connectivity index (χ2n) is 7.67. The van der Waals surface area contributed by atoms with Crippen LogP contribution in [0.15, 0.2) is 94.3 Å². The Balaban J connectivity index is 1.38. The highest BCUT2D eigenvalue weighted by Crippen LogP contribution is 2.28. The van der Waals surface area contributed by atoms with E-state index in [2.05, 4.69) is 14.9 Å². The third-order valence-electron chi connectivity index (χ3n) is 5.16. The van der Waals surface area contributed by atoms with Gasteiger partial charge in [-0.3, -0.25) is 4.72 Å². The van der Waals surface area contributed by atoms with Gasteiger partial charge in [0.1, 0.15) is 0 Å². The van der Waals surface area contributed by atoms with E-state index in [1.807, 2.05) is 54.6 Å². The van der Waals surface area contributed by atoms with Crippen LogP contribution in [0, 0.1) is 0 Å². The van der Waals surface area contributed by atoms with Crippen molar-refractivity contribution in [2.75, 3.05) is 4.72 Å². The molecular weight excluding hydrogens is 493 g/mol. The predicted molar refractivity (Wildman–Crippen MR) is 134 cm³/mol. The molecule has 9 heteroatoms. The first-order chi connectivity index (χ1) is 16.4. The zero-order valence-electron chi connectivity index (χ0n) is 17.6. The number of nitrogens with zero attached hydrogens (tertiary/aromatic N) is 2. The van der Waals surface area contributed by atoms with Gasteiger partial charge in [-0.05, 0) is 58.8 Å². The molecule has 0 bridgehead atoms. The Morgan fingerprint density at radius 1 is 0.824 bits per heavy atom. The monoisotopic (exact) mass is 509 g/mol. The van der Waals surface area contributed by atoms with Crippen LogP contribution < -0.4 is 4.72 Å². The maximum absolute atomic E-state index is 12.8. The minimum atomic E-state index is -3.85. The highest BCUT2D eigenvalue weighted by Gasteiger charge is 2.16. The molecule has 0 amide bonds. The van der Waals surface area contributed by atoms with Crippen LogP contribution in [0.4, 0.5) is 5.69 Å². The van der Waals surface area contributed by atoms with Crippen molar-refractivity contribution in [3.05, 3.63) is 106 Å². The second kappa shape index (κ2) is 9.10. The number of sulfonamides is 1. The zero-order chi connectivity index (χ0) is 23.7. The molecule has 1 aromatic heterocycles. The predicted octanol–water partition coefficient (Wildman–Crippen LogP) is 6.59. The lowest BCUT2D eigenvalue weighted by Gasteiger charge is -2.10. The molecule has 4 aromatic carbocycles. The van der Waals surface area contributed by atoms with Crippen LogP contribution in [0.2, 0.25) is 10.0 Å². The molecule has 1 heterocycles. The van der Waals surface area contributed by atoms with Crippen LogP contribution in [-0.2, 0) is 16.4 Å². The van der Waals surface area contributed by atoms with Crippen molar-refractivity contribution in [2.45, 2.75) is 11.3 Å². The van der Waals surface area contributed by atoms with Gasteiger partial charge in [0, 0.05) is 27.7 Å². The molecule has 0 saturated carbocycles. The van der Waals surface area contributed by atoms with Crippen LogP contribution in [0.1, 0.15) is 11.4 Å². The third kappa shape index (κ3) is 4.92. The molecule has 0 aliphatic heterocycles. The van der Waals surface area contributed by atoms with Crippen LogP contribution in [0.3, 0.4) is 0 Å². The Hall–Kier alpha value is -3.39. The van der Waals surface area contributed by atoms with Crippen molar-refractivity contribution in [1.29, 1.82) is 0 Å². The summed E-state index contributed by atoms with van der Waals surface area (Å²) in [6.45, 7) is 0. The Labute approximate surface area is 206 Å². The summed E-state index contributed by atoms with van der Waals surface area (Å²) >= 11 is 11.9. The summed E-state index contributed by atoms with van der Waals surface area (Å²) < 4.78 is 33.5. The number of nitrogens with one attached hydrogen (secondary N) is 1. The van der Waals surface area contributed by atoms with Gasteiger partial charge in [-0.15, -0.1) is 0 Å². The van der Waals surface area contributed by atoms with Gasteiger partial charge in [-0.2, -0.15) is 4.98 Å². The molecule has 170 valence electrons. The first-order valence-corrected chi connectivity index (χ1v) is 12.5. The molecular formula is C25H17Cl2N3O3S. The molecule has 6 nitrogen and oxygen atoms in total. The largest absolute Gasteiger partial charge is 0.334 e. The van der Waals surface area contributed by atoms with E-state index in [0.717, 1.165) is 21.9 Å². The van der Waals surface area contributed by atoms with Crippen molar-refractivity contribution in [1.82, 2.24) is 10.1 Å². The van der Waals surface area contributed by atoms with E-state index in [-0.39, 0.29) is 14.9 Å². The summed E-state index contributed by atoms with van der Waals surface area (Å²) in [5.41, 5.74) is 2.30. The van der Waals surface area contributed by atoms with Gasteiger partial charge in [0.2, 0.25) is 0 Å². The quantitative estimate of drug-likeness (QED) is 0.279. The third-order valence-corrected chi connectivity index (χ3v) is 6.96. The summed E-state index contributed by atoms with van der Waals surface area (Å²) in [7, 11) is -3.85. The van der Waals surface area contributed by atoms with E-state index in [0.29, 0.717) is 23.8 Å². The molecule has 0 radical (unpaired) electrons. The van der Waals surface area contributed by atoms with Crippen LogP contribution in [0.25, 0.3) is 22.2 Å². The van der Waals surface area contributed by atoms with E-state index in [1.165, 1.54) is 18.2 Å². The molecule has 0 spiro atoms. The Morgan fingerprint density at radius 2 is 1.53 bits per heavy atom. The number of aromatic nitrogens is 2. The molecule has 0 saturated heterocycles. The Bertz CT molecular complexity index is 1580. The molecule has 1 N–H and O–H groups in total. The highest BCUT2D eigenvalue weighted by atomic mass is 35.5.